The van der Waals surface area contributed by atoms with E-state index in [-0.39, 0.29) is 21.2 Å². The van der Waals surface area contributed by atoms with Crippen LogP contribution in [0.15, 0.2) is 28.7 Å². The van der Waals surface area contributed by atoms with Gasteiger partial charge in [-0.2, -0.15) is 0 Å². The molecule has 1 aliphatic heterocycles. The van der Waals surface area contributed by atoms with Crippen LogP contribution in [0, 0.1) is 10.7 Å². The van der Waals surface area contributed by atoms with E-state index in [4.69, 9.17) is 13.3 Å². The van der Waals surface area contributed by atoms with Gasteiger partial charge in [0.1, 0.15) is 8.07 Å². The molecule has 2 heterocycles. The maximum atomic E-state index is 7.26. The van der Waals surface area contributed by atoms with E-state index in [1.807, 2.05) is 6.08 Å². The van der Waals surface area contributed by atoms with Crippen LogP contribution in [-0.4, -0.2) is 23.2 Å². The van der Waals surface area contributed by atoms with Crippen molar-refractivity contribution in [3.8, 4) is 0 Å². The molecule has 3 nitrogen and oxygen atoms in total. The van der Waals surface area contributed by atoms with Crippen molar-refractivity contribution >= 4 is 44.6 Å². The first-order valence-corrected chi connectivity index (χ1v) is 18.1. The first-order chi connectivity index (χ1) is 14.8. The molecule has 2 rings (SSSR count). The lowest BCUT2D eigenvalue weighted by Crippen LogP contribution is -2.57. The molecule has 0 saturated heterocycles. The largest absolute Gasteiger partial charge is 0.460 e. The van der Waals surface area contributed by atoms with Crippen LogP contribution in [-0.2, 0) is 8.85 Å². The average Bonchev–Trinajstić information content (AvgIpc) is 2.81. The Bertz CT molecular complexity index is 878. The van der Waals surface area contributed by atoms with Crippen molar-refractivity contribution in [1.82, 2.24) is 0 Å². The van der Waals surface area contributed by atoms with Crippen LogP contribution >= 0.6 is 22.6 Å². The Morgan fingerprint density at radius 3 is 2.09 bits per heavy atom. The second kappa shape index (κ2) is 9.71. The van der Waals surface area contributed by atoms with Crippen molar-refractivity contribution in [2.45, 2.75) is 116 Å². The third kappa shape index (κ3) is 5.49. The molecule has 6 heteroatoms. The second-order valence-corrected chi connectivity index (χ2v) is 24.2. The van der Waals surface area contributed by atoms with E-state index in [1.165, 1.54) is 22.1 Å². The normalized spacial score (nSPS) is 20.4. The van der Waals surface area contributed by atoms with Crippen molar-refractivity contribution < 1.29 is 13.3 Å². The lowest BCUT2D eigenvalue weighted by molar-refractivity contribution is 0.116. The van der Waals surface area contributed by atoms with E-state index in [1.54, 1.807) is 0 Å². The van der Waals surface area contributed by atoms with Crippen LogP contribution in [0.5, 0.6) is 0 Å². The molecular weight excluding hydrogens is 555 g/mol. The number of furan rings is 1. The van der Waals surface area contributed by atoms with Gasteiger partial charge in [-0.1, -0.05) is 87.6 Å². The molecule has 1 aliphatic rings. The van der Waals surface area contributed by atoms with Crippen LogP contribution in [0.3, 0.4) is 0 Å². The minimum absolute atomic E-state index is 0.0867. The Morgan fingerprint density at radius 2 is 1.64 bits per heavy atom. The van der Waals surface area contributed by atoms with E-state index in [0.717, 1.165) is 16.6 Å². The Kier molecular flexibility index (Phi) is 8.56. The van der Waals surface area contributed by atoms with Gasteiger partial charge in [0, 0.05) is 15.6 Å². The minimum Gasteiger partial charge on any atom is -0.460 e. The molecule has 188 valence electrons. The predicted molar refractivity (Wildman–Crippen MR) is 155 cm³/mol. The van der Waals surface area contributed by atoms with Crippen LogP contribution < -0.4 is 5.38 Å². The van der Waals surface area contributed by atoms with Gasteiger partial charge in [0.05, 0.1) is 18.1 Å². The summed E-state index contributed by atoms with van der Waals surface area (Å²) in [4.78, 5) is 0. The first-order valence-electron chi connectivity index (χ1n) is 12.2. The smallest absolute Gasteiger partial charge is 0.350 e. The topological polar surface area (TPSA) is 31.6 Å². The van der Waals surface area contributed by atoms with Gasteiger partial charge in [-0.25, -0.2) is 0 Å². The fraction of sp³-hybridized carbons (Fsp3) is 0.704. The maximum absolute atomic E-state index is 7.26. The summed E-state index contributed by atoms with van der Waals surface area (Å²) in [5.74, 6) is 0. The molecule has 0 N–H and O–H groups in total. The van der Waals surface area contributed by atoms with E-state index in [0.29, 0.717) is 6.61 Å². The van der Waals surface area contributed by atoms with Crippen molar-refractivity contribution in [2.75, 3.05) is 6.61 Å². The van der Waals surface area contributed by atoms with Gasteiger partial charge in [-0.15, -0.1) is 6.58 Å². The minimum atomic E-state index is -2.69. The quantitative estimate of drug-likeness (QED) is 0.192. The van der Waals surface area contributed by atoms with E-state index >= 15 is 0 Å². The van der Waals surface area contributed by atoms with Gasteiger partial charge in [0.15, 0.2) is 3.77 Å². The molecule has 0 aliphatic carbocycles. The third-order valence-corrected chi connectivity index (χ3v) is 18.9. The number of hydrogen-bond donors (Lipinski definition) is 0. The van der Waals surface area contributed by atoms with Gasteiger partial charge in [-0.05, 0) is 58.5 Å². The van der Waals surface area contributed by atoms with Gasteiger partial charge < -0.3 is 13.3 Å². The Labute approximate surface area is 219 Å². The maximum Gasteiger partial charge on any atom is 0.350 e. The fourth-order valence-electron chi connectivity index (χ4n) is 4.95. The molecule has 0 radical (unpaired) electrons. The molecule has 1 atom stereocenters. The van der Waals surface area contributed by atoms with E-state index in [9.17, 15) is 0 Å². The lowest BCUT2D eigenvalue weighted by atomic mass is 10.0. The molecule has 0 spiro atoms. The highest BCUT2D eigenvalue weighted by molar-refractivity contribution is 14.1. The molecule has 1 aromatic rings. The fourth-order valence-corrected chi connectivity index (χ4v) is 13.0. The molecule has 0 aromatic carbocycles. The van der Waals surface area contributed by atoms with Gasteiger partial charge in [0.25, 0.3) is 0 Å². The van der Waals surface area contributed by atoms with Crippen molar-refractivity contribution in [2.24, 2.45) is 0 Å². The molecule has 0 saturated carbocycles. The van der Waals surface area contributed by atoms with Crippen LogP contribution in [0.4, 0.5) is 0 Å². The standard InChI is InChI=1S/C27H47IO3Si2/c1-14-15-16-20-17-21(31-33(29-18-20,26(6,7)8)27(9,10)11)22-19(2)24(30-23(22)28)32(12,13)25(3,4)5/h14,17,21H,1,15-16,18H2,2-13H3. The van der Waals surface area contributed by atoms with Crippen LogP contribution in [0.1, 0.15) is 92.4 Å². The Hall–Kier alpha value is -0.156. The van der Waals surface area contributed by atoms with Crippen molar-refractivity contribution in [3.63, 3.8) is 0 Å². The first kappa shape index (κ1) is 29.1. The summed E-state index contributed by atoms with van der Waals surface area (Å²) >= 11 is 2.38. The molecule has 0 amide bonds. The SMILES string of the molecule is C=CCCC1=CC(c2c(I)oc([Si](C)(C)C(C)(C)C)c2C)O[Si](C(C)(C)C)(C(C)(C)C)OC1. The highest BCUT2D eigenvalue weighted by atomic mass is 127. The monoisotopic (exact) mass is 602 g/mol. The molecule has 33 heavy (non-hydrogen) atoms. The molecular formula is C27H47IO3Si2. The van der Waals surface area contributed by atoms with Gasteiger partial charge >= 0.3 is 8.56 Å². The number of halogens is 1. The summed E-state index contributed by atoms with van der Waals surface area (Å²) in [6.45, 7) is 32.4. The number of hydrogen-bond acceptors (Lipinski definition) is 3. The zero-order valence-corrected chi connectivity index (χ0v) is 27.3. The third-order valence-electron chi connectivity index (χ3n) is 7.66. The summed E-state index contributed by atoms with van der Waals surface area (Å²) in [7, 11) is -4.53. The van der Waals surface area contributed by atoms with Crippen LogP contribution in [0.2, 0.25) is 28.2 Å². The predicted octanol–water partition coefficient (Wildman–Crippen LogP) is 8.93. The zero-order valence-electron chi connectivity index (χ0n) is 23.2. The summed E-state index contributed by atoms with van der Waals surface area (Å²) < 4.78 is 21.7. The lowest BCUT2D eigenvalue weighted by Gasteiger charge is -2.49. The van der Waals surface area contributed by atoms with E-state index in [2.05, 4.69) is 118 Å². The van der Waals surface area contributed by atoms with Crippen molar-refractivity contribution in [1.29, 1.82) is 0 Å². The van der Waals surface area contributed by atoms with Crippen LogP contribution in [0.25, 0.3) is 0 Å². The Balaban J connectivity index is 2.74. The zero-order chi connectivity index (χ0) is 25.6. The number of rotatable bonds is 5. The molecule has 1 aromatic heterocycles. The highest BCUT2D eigenvalue weighted by Gasteiger charge is 2.60. The highest BCUT2D eigenvalue weighted by Crippen LogP contribution is 2.55. The molecule has 0 fully saturated rings. The summed E-state index contributed by atoms with van der Waals surface area (Å²) in [5, 5.41) is 1.22. The Morgan fingerprint density at radius 1 is 1.09 bits per heavy atom. The van der Waals surface area contributed by atoms with E-state index < -0.39 is 16.6 Å². The summed E-state index contributed by atoms with van der Waals surface area (Å²) in [6.07, 6.45) is 6.04. The summed E-state index contributed by atoms with van der Waals surface area (Å²) in [6, 6.07) is 0. The molecule has 0 bridgehead atoms. The number of allylic oxidation sites excluding steroid dienone is 1. The van der Waals surface area contributed by atoms with Crippen molar-refractivity contribution in [3.05, 3.63) is 39.2 Å². The average molecular weight is 603 g/mol. The molecule has 1 unspecified atom stereocenters. The second-order valence-electron chi connectivity index (χ2n) is 13.2. The van der Waals surface area contributed by atoms with Gasteiger partial charge in [-0.3, -0.25) is 0 Å². The van der Waals surface area contributed by atoms with Gasteiger partial charge in [0.2, 0.25) is 0 Å². The summed E-state index contributed by atoms with van der Waals surface area (Å²) in [5.41, 5.74) is 3.76.